The molecule has 12 nitrogen and oxygen atoms in total. The minimum Gasteiger partial charge on any atom is -0.478 e. The molecule has 0 aromatic heterocycles. The third kappa shape index (κ3) is 90.3. The van der Waals surface area contributed by atoms with Crippen LogP contribution in [0.1, 0.15) is 121 Å². The van der Waals surface area contributed by atoms with Crippen molar-refractivity contribution in [2.45, 2.75) is 127 Å². The largest absolute Gasteiger partial charge is 0.478 e. The van der Waals surface area contributed by atoms with Crippen molar-refractivity contribution in [1.82, 2.24) is 0 Å². The highest BCUT2D eigenvalue weighted by molar-refractivity contribution is 5.85. The Morgan fingerprint density at radius 1 is 0.604 bits per heavy atom. The number of rotatable bonds is 12. The zero-order valence-electron chi connectivity index (χ0n) is 32.3. The lowest BCUT2D eigenvalue weighted by atomic mass is 10.1. The first-order chi connectivity index (χ1) is 22.8. The zero-order valence-corrected chi connectivity index (χ0v) is 32.3. The molecule has 294 valence electrons. The maximum atomic E-state index is 10.9. The van der Waals surface area contributed by atoms with Gasteiger partial charge in [-0.25, -0.2) is 4.79 Å². The van der Waals surface area contributed by atoms with Crippen LogP contribution in [-0.4, -0.2) is 111 Å². The molecule has 0 fully saturated rings. The van der Waals surface area contributed by atoms with Gasteiger partial charge in [0, 0.05) is 66.2 Å². The molecule has 1 aromatic carbocycles. The molecule has 0 radical (unpaired) electrons. The Kier molecular flexibility index (Phi) is 89.7. The Hall–Kier alpha value is -2.29. The molecule has 0 saturated carbocycles. The summed E-state index contributed by atoms with van der Waals surface area (Å²) in [6.45, 7) is 21.0. The van der Waals surface area contributed by atoms with Crippen LogP contribution in [-0.2, 0) is 9.53 Å². The Balaban J connectivity index is -0.0000000904. The lowest BCUT2D eigenvalue weighted by molar-refractivity contribution is -0.140. The normalized spacial score (nSPS) is 10.0. The number of aliphatic hydroxyl groups excluding tert-OH is 8. The summed E-state index contributed by atoms with van der Waals surface area (Å²) < 4.78 is 11.7. The van der Waals surface area contributed by atoms with E-state index in [4.69, 9.17) is 55.4 Å². The van der Waals surface area contributed by atoms with Crippen LogP contribution in [0.25, 0.3) is 0 Å². The monoisotopic (exact) mass is 703 g/mol. The van der Waals surface area contributed by atoms with Gasteiger partial charge >= 0.3 is 5.97 Å². The van der Waals surface area contributed by atoms with Gasteiger partial charge in [0.05, 0.1) is 11.8 Å². The number of carbonyl (C=O) groups is 1. The molecule has 0 bridgehead atoms. The third-order valence-corrected chi connectivity index (χ3v) is 3.88. The fourth-order valence-corrected chi connectivity index (χ4v) is 2.36. The van der Waals surface area contributed by atoms with Gasteiger partial charge in [0.2, 0.25) is 5.79 Å². The Morgan fingerprint density at radius 2 is 0.917 bits per heavy atom. The molecule has 48 heavy (non-hydrogen) atoms. The number of benzene rings is 1. The highest BCUT2D eigenvalue weighted by atomic mass is 16.7. The maximum absolute atomic E-state index is 10.9. The second-order valence-electron chi connectivity index (χ2n) is 8.82. The topological polar surface area (TPSA) is 218 Å². The summed E-state index contributed by atoms with van der Waals surface area (Å²) in [7, 11) is 0. The van der Waals surface area contributed by atoms with Crippen LogP contribution in [0.5, 0.6) is 5.75 Å². The molecule has 0 amide bonds. The number of hydrogen-bond donors (Lipinski definition) is 9. The molecule has 1 atom stereocenters. The van der Waals surface area contributed by atoms with Crippen molar-refractivity contribution in [2.24, 2.45) is 0 Å². The molecule has 1 rings (SSSR count). The average molecular weight is 703 g/mol. The van der Waals surface area contributed by atoms with Gasteiger partial charge in [-0.2, -0.15) is 0 Å². The van der Waals surface area contributed by atoms with Gasteiger partial charge in [0.1, 0.15) is 5.75 Å². The molecule has 0 saturated heterocycles. The number of carboxylic acids is 1. The smallest absolute Gasteiger partial charge is 0.334 e. The molecule has 9 N–H and O–H groups in total. The van der Waals surface area contributed by atoms with E-state index in [1.165, 1.54) is 38.9 Å². The van der Waals surface area contributed by atoms with E-state index in [0.717, 1.165) is 12.8 Å². The first-order valence-corrected chi connectivity index (χ1v) is 17.0. The molecule has 0 aliphatic heterocycles. The number of carboxylic acid groups (broad SMARTS) is 1. The Labute approximate surface area is 293 Å². The SMILES string of the molecule is CCCCCCCCC(C)(OC=C(C)C(=O)O)Oc1ccccc1.CCO.CCO.CCO.CCO.CCO.CCO.CCO.CCO. The van der Waals surface area contributed by atoms with E-state index in [-0.39, 0.29) is 58.4 Å². The van der Waals surface area contributed by atoms with Gasteiger partial charge in [0.25, 0.3) is 0 Å². The highest BCUT2D eigenvalue weighted by Crippen LogP contribution is 2.26. The first-order valence-electron chi connectivity index (χ1n) is 17.0. The number of aliphatic hydroxyl groups is 8. The molecular weight excluding hydrogens is 624 g/mol. The predicted molar refractivity (Wildman–Crippen MR) is 198 cm³/mol. The van der Waals surface area contributed by atoms with Crippen LogP contribution in [0, 0.1) is 0 Å². The summed E-state index contributed by atoms with van der Waals surface area (Å²) in [6.07, 6.45) is 9.06. The quantitative estimate of drug-likeness (QED) is 0.0569. The summed E-state index contributed by atoms with van der Waals surface area (Å²) in [5, 5.41) is 69.5. The van der Waals surface area contributed by atoms with E-state index in [2.05, 4.69) is 6.92 Å². The first kappa shape index (κ1) is 64.3. The molecular formula is C36H78O12. The van der Waals surface area contributed by atoms with Crippen molar-refractivity contribution in [3.05, 3.63) is 42.2 Å². The summed E-state index contributed by atoms with van der Waals surface area (Å²) >= 11 is 0. The second-order valence-corrected chi connectivity index (χ2v) is 8.82. The molecule has 1 unspecified atom stereocenters. The van der Waals surface area contributed by atoms with Crippen molar-refractivity contribution in [2.75, 3.05) is 52.9 Å². The Bertz CT molecular complexity index is 623. The van der Waals surface area contributed by atoms with Gasteiger partial charge in [0.15, 0.2) is 0 Å². The van der Waals surface area contributed by atoms with Crippen LogP contribution in [0.15, 0.2) is 42.2 Å². The predicted octanol–water partition coefficient (Wildman–Crippen LogP) is 5.53. The minimum absolute atomic E-state index is 0.154. The number of para-hydroxylation sites is 1. The Morgan fingerprint density at radius 3 is 1.23 bits per heavy atom. The highest BCUT2D eigenvalue weighted by Gasteiger charge is 2.27. The van der Waals surface area contributed by atoms with Crippen molar-refractivity contribution in [1.29, 1.82) is 0 Å². The summed E-state index contributed by atoms with van der Waals surface area (Å²) in [5.41, 5.74) is 0.154. The zero-order chi connectivity index (χ0) is 39.5. The molecule has 0 aliphatic carbocycles. The summed E-state index contributed by atoms with van der Waals surface area (Å²) in [6, 6.07) is 9.47. The van der Waals surface area contributed by atoms with Crippen LogP contribution in [0.4, 0.5) is 0 Å². The van der Waals surface area contributed by atoms with Gasteiger partial charge in [-0.05, 0) is 80.9 Å². The lowest BCUT2D eigenvalue weighted by Crippen LogP contribution is -2.34. The molecule has 0 aliphatic rings. The van der Waals surface area contributed by atoms with Gasteiger partial charge in [-0.3, -0.25) is 0 Å². The number of aliphatic carboxylic acids is 1. The third-order valence-electron chi connectivity index (χ3n) is 3.88. The van der Waals surface area contributed by atoms with Crippen molar-refractivity contribution in [3.8, 4) is 5.75 Å². The number of ether oxygens (including phenoxy) is 2. The van der Waals surface area contributed by atoms with E-state index < -0.39 is 11.8 Å². The molecule has 0 spiro atoms. The van der Waals surface area contributed by atoms with Gasteiger partial charge < -0.3 is 55.4 Å². The van der Waals surface area contributed by atoms with Crippen molar-refractivity contribution >= 4 is 5.97 Å². The maximum Gasteiger partial charge on any atom is 0.334 e. The summed E-state index contributed by atoms with van der Waals surface area (Å²) in [5.74, 6) is -1.15. The van der Waals surface area contributed by atoms with E-state index >= 15 is 0 Å². The van der Waals surface area contributed by atoms with Crippen molar-refractivity contribution < 1.29 is 60.2 Å². The minimum atomic E-state index is -0.989. The van der Waals surface area contributed by atoms with E-state index in [0.29, 0.717) is 12.2 Å². The van der Waals surface area contributed by atoms with Crippen LogP contribution in [0.3, 0.4) is 0 Å². The van der Waals surface area contributed by atoms with Crippen LogP contribution in [0.2, 0.25) is 0 Å². The number of unbranched alkanes of at least 4 members (excludes halogenated alkanes) is 5. The van der Waals surface area contributed by atoms with Gasteiger partial charge in [-0.15, -0.1) is 0 Å². The standard InChI is InChI=1S/C20H30O4.8C2H6O/c1-4-5-6-7-8-12-15-20(3,23-16-17(2)19(21)22)24-18-13-10-9-11-14-18;8*1-2-3/h9-11,13-14,16H,4-8,12,15H2,1-3H3,(H,21,22);8*3H,2H2,1H3. The summed E-state index contributed by atoms with van der Waals surface area (Å²) in [4.78, 5) is 10.9. The lowest BCUT2D eigenvalue weighted by Gasteiger charge is -2.30. The van der Waals surface area contributed by atoms with Crippen LogP contribution >= 0.6 is 0 Å². The van der Waals surface area contributed by atoms with E-state index in [9.17, 15) is 4.79 Å². The molecule has 12 heteroatoms. The second kappa shape index (κ2) is 67.0. The van der Waals surface area contributed by atoms with E-state index in [1.807, 2.05) is 37.3 Å². The fraction of sp³-hybridized carbons (Fsp3) is 0.750. The van der Waals surface area contributed by atoms with E-state index in [1.54, 1.807) is 55.4 Å². The van der Waals surface area contributed by atoms with Crippen molar-refractivity contribution in [3.63, 3.8) is 0 Å². The average Bonchev–Trinajstić information content (AvgIpc) is 3.01. The number of hydrogen-bond acceptors (Lipinski definition) is 11. The fourth-order valence-electron chi connectivity index (χ4n) is 2.36. The van der Waals surface area contributed by atoms with Crippen LogP contribution < -0.4 is 4.74 Å². The molecule has 0 heterocycles. The molecule has 1 aromatic rings. The van der Waals surface area contributed by atoms with Gasteiger partial charge in [-0.1, -0.05) is 57.2 Å².